The number of fused-ring (bicyclic) bond motifs is 1. The molecule has 1 amide bonds. The Morgan fingerprint density at radius 1 is 1.17 bits per heavy atom. The maximum Gasteiger partial charge on any atom is 0.228 e. The quantitative estimate of drug-likeness (QED) is 0.784. The van der Waals surface area contributed by atoms with Gasteiger partial charge in [0.25, 0.3) is 0 Å². The molecule has 0 saturated carbocycles. The zero-order valence-electron chi connectivity index (χ0n) is 12.8. The highest BCUT2D eigenvalue weighted by molar-refractivity contribution is 5.94. The standard InChI is InChI=1S/C17H16N2O4/c1-21-12-4-6-14(15(9-12)22-2)19-17(20)8-11-3-5-13-16(7-11)23-10-18-13/h3-7,9-10H,8H2,1-2H3,(H,19,20). The summed E-state index contributed by atoms with van der Waals surface area (Å²) in [5, 5.41) is 2.84. The Bertz CT molecular complexity index is 841. The Labute approximate surface area is 133 Å². The predicted octanol–water partition coefficient (Wildman–Crippen LogP) is 3.03. The van der Waals surface area contributed by atoms with E-state index in [-0.39, 0.29) is 12.3 Å². The molecule has 1 heterocycles. The van der Waals surface area contributed by atoms with Crippen molar-refractivity contribution < 1.29 is 18.7 Å². The second-order valence-corrected chi connectivity index (χ2v) is 4.95. The number of nitrogens with zero attached hydrogens (tertiary/aromatic N) is 1. The molecule has 23 heavy (non-hydrogen) atoms. The fourth-order valence-corrected chi connectivity index (χ4v) is 2.29. The fraction of sp³-hybridized carbons (Fsp3) is 0.176. The van der Waals surface area contributed by atoms with Gasteiger partial charge < -0.3 is 19.2 Å². The number of aromatic nitrogens is 1. The maximum atomic E-state index is 12.2. The van der Waals surface area contributed by atoms with Crippen molar-refractivity contribution in [1.82, 2.24) is 4.98 Å². The number of oxazole rings is 1. The van der Waals surface area contributed by atoms with Gasteiger partial charge in [-0.3, -0.25) is 4.79 Å². The van der Waals surface area contributed by atoms with Crippen LogP contribution in [0.2, 0.25) is 0 Å². The van der Waals surface area contributed by atoms with Gasteiger partial charge in [-0.1, -0.05) is 6.07 Å². The summed E-state index contributed by atoms with van der Waals surface area (Å²) < 4.78 is 15.6. The van der Waals surface area contributed by atoms with Gasteiger partial charge in [-0.2, -0.15) is 0 Å². The van der Waals surface area contributed by atoms with Crippen molar-refractivity contribution >= 4 is 22.7 Å². The lowest BCUT2D eigenvalue weighted by atomic mass is 10.1. The molecule has 0 aliphatic heterocycles. The first-order valence-corrected chi connectivity index (χ1v) is 7.03. The van der Waals surface area contributed by atoms with Crippen LogP contribution in [0, 0.1) is 0 Å². The minimum absolute atomic E-state index is 0.146. The van der Waals surface area contributed by atoms with Crippen LogP contribution in [0.5, 0.6) is 11.5 Å². The first-order valence-electron chi connectivity index (χ1n) is 7.03. The van der Waals surface area contributed by atoms with Crippen LogP contribution >= 0.6 is 0 Å². The number of carbonyl (C=O) groups excluding carboxylic acids is 1. The molecule has 0 aliphatic carbocycles. The molecule has 118 valence electrons. The molecule has 0 saturated heterocycles. The van der Waals surface area contributed by atoms with E-state index in [1.807, 2.05) is 18.2 Å². The summed E-state index contributed by atoms with van der Waals surface area (Å²) in [5.41, 5.74) is 2.88. The monoisotopic (exact) mass is 312 g/mol. The molecule has 0 bridgehead atoms. The number of rotatable bonds is 5. The van der Waals surface area contributed by atoms with Crippen LogP contribution in [-0.4, -0.2) is 25.1 Å². The van der Waals surface area contributed by atoms with Gasteiger partial charge in [0, 0.05) is 6.07 Å². The SMILES string of the molecule is COc1ccc(NC(=O)Cc2ccc3ncoc3c2)c(OC)c1. The van der Waals surface area contributed by atoms with Crippen molar-refractivity contribution in [2.75, 3.05) is 19.5 Å². The van der Waals surface area contributed by atoms with Crippen molar-refractivity contribution in [2.24, 2.45) is 0 Å². The van der Waals surface area contributed by atoms with E-state index in [9.17, 15) is 4.79 Å². The zero-order chi connectivity index (χ0) is 16.2. The van der Waals surface area contributed by atoms with E-state index < -0.39 is 0 Å². The molecule has 0 fully saturated rings. The molecule has 0 radical (unpaired) electrons. The Balaban J connectivity index is 1.73. The number of carbonyl (C=O) groups is 1. The largest absolute Gasteiger partial charge is 0.497 e. The van der Waals surface area contributed by atoms with E-state index >= 15 is 0 Å². The lowest BCUT2D eigenvalue weighted by Gasteiger charge is -2.11. The van der Waals surface area contributed by atoms with E-state index in [1.165, 1.54) is 6.39 Å². The van der Waals surface area contributed by atoms with Crippen LogP contribution in [0.15, 0.2) is 47.2 Å². The summed E-state index contributed by atoms with van der Waals surface area (Å²) in [6.07, 6.45) is 1.61. The number of benzene rings is 2. The highest BCUT2D eigenvalue weighted by atomic mass is 16.5. The third kappa shape index (κ3) is 3.26. The summed E-state index contributed by atoms with van der Waals surface area (Å²) >= 11 is 0. The number of hydrogen-bond donors (Lipinski definition) is 1. The van der Waals surface area contributed by atoms with Crippen LogP contribution in [0.3, 0.4) is 0 Å². The molecule has 0 aliphatic rings. The highest BCUT2D eigenvalue weighted by Gasteiger charge is 2.10. The van der Waals surface area contributed by atoms with E-state index in [0.29, 0.717) is 22.8 Å². The Morgan fingerprint density at radius 2 is 2.04 bits per heavy atom. The van der Waals surface area contributed by atoms with E-state index in [0.717, 1.165) is 11.1 Å². The van der Waals surface area contributed by atoms with Crippen molar-refractivity contribution in [2.45, 2.75) is 6.42 Å². The van der Waals surface area contributed by atoms with Gasteiger partial charge in [-0.05, 0) is 29.8 Å². The van der Waals surface area contributed by atoms with Gasteiger partial charge in [-0.15, -0.1) is 0 Å². The number of amides is 1. The van der Waals surface area contributed by atoms with Crippen molar-refractivity contribution in [3.8, 4) is 11.5 Å². The van der Waals surface area contributed by atoms with E-state index in [4.69, 9.17) is 13.9 Å². The van der Waals surface area contributed by atoms with Gasteiger partial charge >= 0.3 is 0 Å². The first-order chi connectivity index (χ1) is 11.2. The van der Waals surface area contributed by atoms with Gasteiger partial charge in [0.05, 0.1) is 26.3 Å². The summed E-state index contributed by atoms with van der Waals surface area (Å²) in [5.74, 6) is 1.06. The van der Waals surface area contributed by atoms with Crippen LogP contribution in [0.1, 0.15) is 5.56 Å². The molecule has 6 heteroatoms. The molecular weight excluding hydrogens is 296 g/mol. The summed E-state index contributed by atoms with van der Waals surface area (Å²) in [7, 11) is 3.12. The molecule has 0 spiro atoms. The molecule has 1 aromatic heterocycles. The summed E-state index contributed by atoms with van der Waals surface area (Å²) in [6, 6.07) is 10.7. The van der Waals surface area contributed by atoms with Crippen LogP contribution in [0.25, 0.3) is 11.1 Å². The average Bonchev–Trinajstić information content (AvgIpc) is 3.02. The summed E-state index contributed by atoms with van der Waals surface area (Å²) in [6.45, 7) is 0. The Kier molecular flexibility index (Phi) is 4.14. The molecule has 2 aromatic carbocycles. The zero-order valence-corrected chi connectivity index (χ0v) is 12.8. The molecular formula is C17H16N2O4. The van der Waals surface area contributed by atoms with E-state index in [1.54, 1.807) is 32.4 Å². The first kappa shape index (κ1) is 14.9. The topological polar surface area (TPSA) is 73.6 Å². The normalized spacial score (nSPS) is 10.5. The molecule has 3 rings (SSSR count). The van der Waals surface area contributed by atoms with Gasteiger partial charge in [0.15, 0.2) is 12.0 Å². The number of ether oxygens (including phenoxy) is 2. The lowest BCUT2D eigenvalue weighted by molar-refractivity contribution is -0.115. The number of hydrogen-bond acceptors (Lipinski definition) is 5. The minimum atomic E-state index is -0.146. The number of anilines is 1. The second-order valence-electron chi connectivity index (χ2n) is 4.95. The lowest BCUT2D eigenvalue weighted by Crippen LogP contribution is -2.15. The number of nitrogens with one attached hydrogen (secondary N) is 1. The van der Waals surface area contributed by atoms with Crippen LogP contribution in [-0.2, 0) is 11.2 Å². The van der Waals surface area contributed by atoms with Gasteiger partial charge in [-0.25, -0.2) is 4.98 Å². The summed E-state index contributed by atoms with van der Waals surface area (Å²) in [4.78, 5) is 16.3. The molecule has 0 atom stereocenters. The van der Waals surface area contributed by atoms with Gasteiger partial charge in [0.2, 0.25) is 5.91 Å². The second kappa shape index (κ2) is 6.39. The average molecular weight is 312 g/mol. The maximum absolute atomic E-state index is 12.2. The third-order valence-electron chi connectivity index (χ3n) is 3.44. The fourth-order valence-electron chi connectivity index (χ4n) is 2.29. The molecule has 1 N–H and O–H groups in total. The van der Waals surface area contributed by atoms with Gasteiger partial charge in [0.1, 0.15) is 17.0 Å². The Hall–Kier alpha value is -3.02. The number of methoxy groups -OCH3 is 2. The Morgan fingerprint density at radius 3 is 2.83 bits per heavy atom. The highest BCUT2D eigenvalue weighted by Crippen LogP contribution is 2.29. The predicted molar refractivity (Wildman–Crippen MR) is 85.9 cm³/mol. The minimum Gasteiger partial charge on any atom is -0.497 e. The van der Waals surface area contributed by atoms with Crippen molar-refractivity contribution in [3.63, 3.8) is 0 Å². The van der Waals surface area contributed by atoms with Crippen LogP contribution in [0.4, 0.5) is 5.69 Å². The molecule has 6 nitrogen and oxygen atoms in total. The van der Waals surface area contributed by atoms with E-state index in [2.05, 4.69) is 10.3 Å². The molecule has 3 aromatic rings. The van der Waals surface area contributed by atoms with Crippen molar-refractivity contribution in [1.29, 1.82) is 0 Å². The van der Waals surface area contributed by atoms with Crippen LogP contribution < -0.4 is 14.8 Å². The molecule has 0 unspecified atom stereocenters. The third-order valence-corrected chi connectivity index (χ3v) is 3.44. The smallest absolute Gasteiger partial charge is 0.228 e. The van der Waals surface area contributed by atoms with Crippen molar-refractivity contribution in [3.05, 3.63) is 48.4 Å².